The van der Waals surface area contributed by atoms with E-state index < -0.39 is 0 Å². The molecule has 0 amide bonds. The Morgan fingerprint density at radius 3 is 2.62 bits per heavy atom. The normalized spacial score (nSPS) is 19.4. The summed E-state index contributed by atoms with van der Waals surface area (Å²) in [6, 6.07) is 0. The Morgan fingerprint density at radius 2 is 2.50 bits per heavy atom. The van der Waals surface area contributed by atoms with Crippen LogP contribution in [-0.4, -0.2) is 29.4 Å². The van der Waals surface area contributed by atoms with Gasteiger partial charge in [-0.15, -0.1) is 0 Å². The second-order valence-electron chi connectivity index (χ2n) is 1.75. The van der Waals surface area contributed by atoms with Gasteiger partial charge in [-0.05, 0) is 0 Å². The van der Waals surface area contributed by atoms with E-state index in [9.17, 15) is 0 Å². The average molecular weight is 129 g/mol. The predicted octanol–water partition coefficient (Wildman–Crippen LogP) is -0.216. The molecule has 1 heterocycles. The summed E-state index contributed by atoms with van der Waals surface area (Å²) < 4.78 is 0. The fraction of sp³-hybridized carbons (Fsp3) is 0.500. The summed E-state index contributed by atoms with van der Waals surface area (Å²) in [5.41, 5.74) is 0. The molecular weight excluding hydrogens is 122 g/mol. The molecule has 0 saturated carbocycles. The second kappa shape index (κ2) is 1.70. The van der Waals surface area contributed by atoms with Crippen molar-refractivity contribution in [3.63, 3.8) is 0 Å². The van der Waals surface area contributed by atoms with Crippen molar-refractivity contribution in [3.05, 3.63) is 0 Å². The van der Waals surface area contributed by atoms with Crippen molar-refractivity contribution in [3.8, 4) is 0 Å². The third kappa shape index (κ3) is 0.790. The Morgan fingerprint density at radius 1 is 1.88 bits per heavy atom. The van der Waals surface area contributed by atoms with Gasteiger partial charge >= 0.3 is 0 Å². The zero-order chi connectivity index (χ0) is 6.15. The smallest absolute Gasteiger partial charge is 0.196 e. The Kier molecular flexibility index (Phi) is 1.17. The van der Waals surface area contributed by atoms with Crippen LogP contribution in [0.5, 0.6) is 0 Å². The highest BCUT2D eigenvalue weighted by atomic mass is 32.1. The van der Waals surface area contributed by atoms with E-state index in [1.165, 1.54) is 0 Å². The molecule has 0 radical (unpaired) electrons. The zero-order valence-corrected chi connectivity index (χ0v) is 5.38. The van der Waals surface area contributed by atoms with Gasteiger partial charge in [0.2, 0.25) is 0 Å². The van der Waals surface area contributed by atoms with E-state index in [0.717, 1.165) is 4.99 Å². The van der Waals surface area contributed by atoms with Gasteiger partial charge in [0.15, 0.2) is 5.96 Å². The van der Waals surface area contributed by atoms with Crippen LogP contribution >= 0.6 is 12.2 Å². The molecule has 0 bridgehead atoms. The highest BCUT2D eigenvalue weighted by molar-refractivity contribution is 7.80. The fourth-order valence-corrected chi connectivity index (χ4v) is 0.852. The largest absolute Gasteiger partial charge is 0.339 e. The van der Waals surface area contributed by atoms with Crippen LogP contribution in [0.25, 0.3) is 0 Å². The Balaban J connectivity index is 2.64. The van der Waals surface area contributed by atoms with E-state index in [2.05, 4.69) is 5.32 Å². The standard InChI is InChI=1S/C4H7N3S/c1-7-2-3(8)6-4(7)5/h2H2,1H3,(H2,5,6,8). The summed E-state index contributed by atoms with van der Waals surface area (Å²) in [6.07, 6.45) is 0. The lowest BCUT2D eigenvalue weighted by Gasteiger charge is -2.04. The molecule has 2 N–H and O–H groups in total. The number of nitrogens with zero attached hydrogens (tertiary/aromatic N) is 1. The molecule has 1 aliphatic rings. The summed E-state index contributed by atoms with van der Waals surface area (Å²) in [7, 11) is 1.83. The van der Waals surface area contributed by atoms with Crippen molar-refractivity contribution in [2.45, 2.75) is 0 Å². The van der Waals surface area contributed by atoms with Gasteiger partial charge in [-0.25, -0.2) is 0 Å². The molecule has 1 saturated heterocycles. The molecule has 44 valence electrons. The first-order valence-electron chi connectivity index (χ1n) is 2.29. The lowest BCUT2D eigenvalue weighted by Crippen LogP contribution is -2.24. The molecule has 0 spiro atoms. The van der Waals surface area contributed by atoms with Crippen molar-refractivity contribution >= 4 is 23.2 Å². The maximum atomic E-state index is 7.11. The maximum absolute atomic E-state index is 7.11. The lowest BCUT2D eigenvalue weighted by atomic mass is 10.6. The lowest BCUT2D eigenvalue weighted by molar-refractivity contribution is 0.592. The Hall–Kier alpha value is -0.640. The molecular formula is C4H7N3S. The van der Waals surface area contributed by atoms with E-state index >= 15 is 0 Å². The first-order chi connectivity index (χ1) is 3.70. The van der Waals surface area contributed by atoms with Gasteiger partial charge in [0.1, 0.15) is 4.99 Å². The van der Waals surface area contributed by atoms with E-state index in [1.54, 1.807) is 4.90 Å². The summed E-state index contributed by atoms with van der Waals surface area (Å²) in [4.78, 5) is 2.49. The SMILES string of the molecule is CN1CC(=S)NC1=N. The molecule has 0 aromatic carbocycles. The van der Waals surface area contributed by atoms with Crippen LogP contribution in [0.3, 0.4) is 0 Å². The second-order valence-corrected chi connectivity index (χ2v) is 2.25. The summed E-state index contributed by atoms with van der Waals surface area (Å²) in [5, 5.41) is 9.82. The summed E-state index contributed by atoms with van der Waals surface area (Å²) >= 11 is 4.78. The third-order valence-electron chi connectivity index (χ3n) is 1.02. The molecule has 1 aliphatic heterocycles. The van der Waals surface area contributed by atoms with Gasteiger partial charge in [0, 0.05) is 7.05 Å². The number of rotatable bonds is 0. The molecule has 0 aromatic rings. The van der Waals surface area contributed by atoms with Gasteiger partial charge in [0.05, 0.1) is 6.54 Å². The van der Waals surface area contributed by atoms with Crippen molar-refractivity contribution in [1.82, 2.24) is 10.2 Å². The number of thiocarbonyl (C=S) groups is 1. The fourth-order valence-electron chi connectivity index (χ4n) is 0.561. The minimum absolute atomic E-state index is 0.398. The van der Waals surface area contributed by atoms with Gasteiger partial charge < -0.3 is 10.2 Å². The van der Waals surface area contributed by atoms with Crippen LogP contribution < -0.4 is 5.32 Å². The molecule has 3 nitrogen and oxygen atoms in total. The number of likely N-dealkylation sites (N-methyl/N-ethyl adjacent to an activating group) is 1. The van der Waals surface area contributed by atoms with Crippen LogP contribution in [-0.2, 0) is 0 Å². The number of hydrogen-bond donors (Lipinski definition) is 2. The van der Waals surface area contributed by atoms with Gasteiger partial charge in [-0.3, -0.25) is 5.41 Å². The molecule has 1 fully saturated rings. The number of hydrogen-bond acceptors (Lipinski definition) is 2. The van der Waals surface area contributed by atoms with Crippen LogP contribution in [0.2, 0.25) is 0 Å². The molecule has 0 aromatic heterocycles. The highest BCUT2D eigenvalue weighted by Crippen LogP contribution is 1.91. The van der Waals surface area contributed by atoms with Crippen molar-refractivity contribution in [2.24, 2.45) is 0 Å². The molecule has 1 rings (SSSR count). The average Bonchev–Trinajstić information content (AvgIpc) is 1.85. The van der Waals surface area contributed by atoms with Gasteiger partial charge in [-0.2, -0.15) is 0 Å². The minimum Gasteiger partial charge on any atom is -0.339 e. The Bertz CT molecular complexity index is 142. The van der Waals surface area contributed by atoms with E-state index in [-0.39, 0.29) is 0 Å². The third-order valence-corrected chi connectivity index (χ3v) is 1.25. The van der Waals surface area contributed by atoms with Gasteiger partial charge in [-0.1, -0.05) is 12.2 Å². The molecule has 0 atom stereocenters. The number of nitrogens with one attached hydrogen (secondary N) is 2. The Labute approximate surface area is 53.2 Å². The summed E-state index contributed by atoms with van der Waals surface area (Å²) in [6.45, 7) is 0.689. The van der Waals surface area contributed by atoms with E-state index in [1.807, 2.05) is 7.05 Å². The highest BCUT2D eigenvalue weighted by Gasteiger charge is 2.14. The topological polar surface area (TPSA) is 39.1 Å². The van der Waals surface area contributed by atoms with Crippen LogP contribution in [0, 0.1) is 5.41 Å². The van der Waals surface area contributed by atoms with Crippen molar-refractivity contribution < 1.29 is 0 Å². The quantitative estimate of drug-likeness (QED) is 0.444. The molecule has 0 unspecified atom stereocenters. The predicted molar refractivity (Wildman–Crippen MR) is 36.1 cm³/mol. The zero-order valence-electron chi connectivity index (χ0n) is 4.56. The van der Waals surface area contributed by atoms with E-state index in [4.69, 9.17) is 17.6 Å². The maximum Gasteiger partial charge on any atom is 0.196 e. The van der Waals surface area contributed by atoms with E-state index in [0.29, 0.717) is 12.5 Å². The molecule has 4 heteroatoms. The first-order valence-corrected chi connectivity index (χ1v) is 2.70. The van der Waals surface area contributed by atoms with Gasteiger partial charge in [0.25, 0.3) is 0 Å². The van der Waals surface area contributed by atoms with Crippen molar-refractivity contribution in [2.75, 3.05) is 13.6 Å². The number of guanidine groups is 1. The van der Waals surface area contributed by atoms with Crippen molar-refractivity contribution in [1.29, 1.82) is 5.41 Å². The van der Waals surface area contributed by atoms with Crippen LogP contribution in [0.1, 0.15) is 0 Å². The molecule has 8 heavy (non-hydrogen) atoms. The minimum atomic E-state index is 0.398. The van der Waals surface area contributed by atoms with Crippen LogP contribution in [0.4, 0.5) is 0 Å². The van der Waals surface area contributed by atoms with Crippen LogP contribution in [0.15, 0.2) is 0 Å². The molecule has 0 aliphatic carbocycles. The monoisotopic (exact) mass is 129 g/mol. The summed E-state index contributed by atoms with van der Waals surface area (Å²) in [5.74, 6) is 0.398. The first kappa shape index (κ1) is 5.50.